The van der Waals surface area contributed by atoms with Gasteiger partial charge in [0.05, 0.1) is 5.69 Å². The largest absolute Gasteiger partial charge is 0.233 e. The van der Waals surface area contributed by atoms with E-state index in [-0.39, 0.29) is 5.41 Å². The van der Waals surface area contributed by atoms with Gasteiger partial charge in [0, 0.05) is 23.0 Å². The molecule has 2 atom stereocenters. The molecular weight excluding hydrogens is 306 g/mol. The molecule has 1 aromatic heterocycles. The van der Waals surface area contributed by atoms with Crippen LogP contribution < -0.4 is 0 Å². The molecule has 2 bridgehead atoms. The topological polar surface area (TPSA) is 17.8 Å². The first-order valence-electron chi connectivity index (χ1n) is 8.45. The average molecular weight is 326 g/mol. The number of aromatic nitrogens is 2. The maximum Gasteiger partial charge on any atom is 0.151 e. The standard InChI is InChI=1S/C20H20F2N2/c1-20(2,3)9-8-16-18-12-4-5-13(10-12)19(18)24(23-16)17-7-6-14(21)11-15(17)22/h6-7,11-13H,4-5,10H2,1-3H3/t12-,13-/m1/s1. The Morgan fingerprint density at radius 1 is 1.17 bits per heavy atom. The molecule has 124 valence electrons. The molecule has 24 heavy (non-hydrogen) atoms. The van der Waals surface area contributed by atoms with Crippen LogP contribution in [0.1, 0.15) is 68.8 Å². The van der Waals surface area contributed by atoms with E-state index in [1.807, 2.05) is 0 Å². The molecule has 4 heteroatoms. The molecule has 0 amide bonds. The van der Waals surface area contributed by atoms with Crippen LogP contribution in [0.2, 0.25) is 0 Å². The highest BCUT2D eigenvalue weighted by Crippen LogP contribution is 2.54. The smallest absolute Gasteiger partial charge is 0.151 e. The van der Waals surface area contributed by atoms with E-state index in [1.54, 1.807) is 4.68 Å². The number of rotatable bonds is 1. The van der Waals surface area contributed by atoms with Gasteiger partial charge in [0.25, 0.3) is 0 Å². The number of hydrogen-bond acceptors (Lipinski definition) is 1. The zero-order valence-electron chi connectivity index (χ0n) is 14.2. The van der Waals surface area contributed by atoms with Crippen LogP contribution in [0.4, 0.5) is 8.78 Å². The van der Waals surface area contributed by atoms with Gasteiger partial charge in [0.2, 0.25) is 0 Å². The molecule has 2 nitrogen and oxygen atoms in total. The van der Waals surface area contributed by atoms with Gasteiger partial charge in [0.15, 0.2) is 5.82 Å². The molecule has 2 aromatic rings. The molecule has 1 fully saturated rings. The quantitative estimate of drug-likeness (QED) is 0.681. The van der Waals surface area contributed by atoms with Gasteiger partial charge >= 0.3 is 0 Å². The number of fused-ring (bicyclic) bond motifs is 5. The third-order valence-electron chi connectivity index (χ3n) is 4.88. The summed E-state index contributed by atoms with van der Waals surface area (Å²) in [6.45, 7) is 6.18. The van der Waals surface area contributed by atoms with Crippen molar-refractivity contribution < 1.29 is 8.78 Å². The van der Waals surface area contributed by atoms with Crippen molar-refractivity contribution >= 4 is 0 Å². The van der Waals surface area contributed by atoms with Crippen LogP contribution >= 0.6 is 0 Å². The monoisotopic (exact) mass is 326 g/mol. The molecule has 0 radical (unpaired) electrons. The summed E-state index contributed by atoms with van der Waals surface area (Å²) in [5, 5.41) is 4.62. The molecule has 0 aliphatic heterocycles. The summed E-state index contributed by atoms with van der Waals surface area (Å²) < 4.78 is 29.2. The summed E-state index contributed by atoms with van der Waals surface area (Å²) in [7, 11) is 0. The van der Waals surface area contributed by atoms with Gasteiger partial charge in [-0.3, -0.25) is 0 Å². The van der Waals surface area contributed by atoms with E-state index in [9.17, 15) is 8.78 Å². The summed E-state index contributed by atoms with van der Waals surface area (Å²) >= 11 is 0. The fourth-order valence-corrected chi connectivity index (χ4v) is 3.91. The fourth-order valence-electron chi connectivity index (χ4n) is 3.91. The highest BCUT2D eigenvalue weighted by Gasteiger charge is 2.42. The number of benzene rings is 1. The van der Waals surface area contributed by atoms with Crippen LogP contribution in [-0.4, -0.2) is 9.78 Å². The summed E-state index contributed by atoms with van der Waals surface area (Å²) in [5.74, 6) is 6.18. The summed E-state index contributed by atoms with van der Waals surface area (Å²) in [6, 6.07) is 3.65. The maximum atomic E-state index is 14.3. The molecule has 2 aliphatic rings. The van der Waals surface area contributed by atoms with Crippen molar-refractivity contribution in [1.29, 1.82) is 0 Å². The Labute approximate surface area is 140 Å². The zero-order valence-corrected chi connectivity index (χ0v) is 14.2. The van der Waals surface area contributed by atoms with E-state index >= 15 is 0 Å². The van der Waals surface area contributed by atoms with Crippen molar-refractivity contribution in [3.8, 4) is 17.5 Å². The fraction of sp³-hybridized carbons (Fsp3) is 0.450. The summed E-state index contributed by atoms with van der Waals surface area (Å²) in [6.07, 6.45) is 3.36. The molecule has 1 aromatic carbocycles. The Balaban J connectivity index is 1.90. The first kappa shape index (κ1) is 15.4. The SMILES string of the molecule is CC(C)(C)C#Cc1nn(-c2ccc(F)cc2F)c2c1[C@@H]1CC[C@@H]2C1. The second-order valence-corrected chi connectivity index (χ2v) is 7.86. The molecular formula is C20H20F2N2. The van der Waals surface area contributed by atoms with Crippen molar-refractivity contribution in [3.63, 3.8) is 0 Å². The predicted octanol–water partition coefficient (Wildman–Crippen LogP) is 4.91. The molecule has 1 heterocycles. The van der Waals surface area contributed by atoms with Gasteiger partial charge in [-0.15, -0.1) is 0 Å². The Kier molecular flexibility index (Phi) is 3.32. The highest BCUT2D eigenvalue weighted by atomic mass is 19.1. The summed E-state index contributed by atoms with van der Waals surface area (Å²) in [5.41, 5.74) is 3.22. The minimum absolute atomic E-state index is 0.116. The van der Waals surface area contributed by atoms with E-state index < -0.39 is 11.6 Å². The van der Waals surface area contributed by atoms with Gasteiger partial charge in [-0.1, -0.05) is 5.92 Å². The Bertz CT molecular complexity index is 878. The van der Waals surface area contributed by atoms with Gasteiger partial charge < -0.3 is 0 Å². The first-order chi connectivity index (χ1) is 11.3. The average Bonchev–Trinajstić information content (AvgIpc) is 3.16. The minimum Gasteiger partial charge on any atom is -0.233 e. The van der Waals surface area contributed by atoms with E-state index in [1.165, 1.54) is 17.7 Å². The molecule has 0 unspecified atom stereocenters. The van der Waals surface area contributed by atoms with Gasteiger partial charge in [-0.25, -0.2) is 13.5 Å². The van der Waals surface area contributed by atoms with Crippen molar-refractivity contribution in [1.82, 2.24) is 9.78 Å². The van der Waals surface area contributed by atoms with Gasteiger partial charge in [0.1, 0.15) is 17.2 Å². The Hall–Kier alpha value is -2.15. The molecule has 0 saturated heterocycles. The molecule has 4 rings (SSSR count). The van der Waals surface area contributed by atoms with E-state index in [0.29, 0.717) is 17.5 Å². The van der Waals surface area contributed by atoms with E-state index in [2.05, 4.69) is 37.7 Å². The molecule has 2 aliphatic carbocycles. The number of nitrogens with zero attached hydrogens (tertiary/aromatic N) is 2. The lowest BCUT2D eigenvalue weighted by Crippen LogP contribution is -2.07. The van der Waals surface area contributed by atoms with Crippen molar-refractivity contribution in [2.45, 2.75) is 51.9 Å². The Morgan fingerprint density at radius 2 is 1.92 bits per heavy atom. The lowest BCUT2D eigenvalue weighted by molar-refractivity contribution is 0.566. The lowest BCUT2D eigenvalue weighted by Gasteiger charge is -2.14. The van der Waals surface area contributed by atoms with Crippen molar-refractivity contribution in [3.05, 3.63) is 46.8 Å². The first-order valence-corrected chi connectivity index (χ1v) is 8.45. The predicted molar refractivity (Wildman–Crippen MR) is 89.1 cm³/mol. The summed E-state index contributed by atoms with van der Waals surface area (Å²) in [4.78, 5) is 0. The maximum absolute atomic E-state index is 14.3. The third kappa shape index (κ3) is 2.43. The number of hydrogen-bond donors (Lipinski definition) is 0. The second-order valence-electron chi connectivity index (χ2n) is 7.86. The van der Waals surface area contributed by atoms with Crippen LogP contribution in [0.15, 0.2) is 18.2 Å². The minimum atomic E-state index is -0.585. The van der Waals surface area contributed by atoms with Gasteiger partial charge in [-0.05, 0) is 64.0 Å². The van der Waals surface area contributed by atoms with Crippen LogP contribution in [-0.2, 0) is 0 Å². The van der Waals surface area contributed by atoms with Crippen LogP contribution in [0.25, 0.3) is 5.69 Å². The lowest BCUT2D eigenvalue weighted by atomic mass is 9.94. The third-order valence-corrected chi connectivity index (χ3v) is 4.88. The normalized spacial score (nSPS) is 21.5. The van der Waals surface area contributed by atoms with E-state index in [0.717, 1.165) is 36.7 Å². The zero-order chi connectivity index (χ0) is 17.1. The molecule has 0 N–H and O–H groups in total. The van der Waals surface area contributed by atoms with Crippen LogP contribution in [0.5, 0.6) is 0 Å². The van der Waals surface area contributed by atoms with Crippen molar-refractivity contribution in [2.24, 2.45) is 5.41 Å². The number of halogens is 2. The molecule has 0 spiro atoms. The second kappa shape index (κ2) is 5.17. The van der Waals surface area contributed by atoms with E-state index in [4.69, 9.17) is 0 Å². The molecule has 1 saturated carbocycles. The Morgan fingerprint density at radius 3 is 2.62 bits per heavy atom. The highest BCUT2D eigenvalue weighted by molar-refractivity contribution is 5.51. The van der Waals surface area contributed by atoms with Crippen molar-refractivity contribution in [2.75, 3.05) is 0 Å². The van der Waals surface area contributed by atoms with Crippen LogP contribution in [0.3, 0.4) is 0 Å². The van der Waals surface area contributed by atoms with Crippen LogP contribution in [0, 0.1) is 28.9 Å². The van der Waals surface area contributed by atoms with Gasteiger partial charge in [-0.2, -0.15) is 5.10 Å².